The van der Waals surface area contributed by atoms with Crippen LogP contribution in [0.15, 0.2) is 79.1 Å². The first-order valence-electron chi connectivity index (χ1n) is 11.0. The summed E-state index contributed by atoms with van der Waals surface area (Å²) in [6.45, 7) is 0.405. The first-order valence-corrected chi connectivity index (χ1v) is 11.0. The molecule has 2 N–H and O–H groups in total. The quantitative estimate of drug-likeness (QED) is 0.296. The summed E-state index contributed by atoms with van der Waals surface area (Å²) in [5, 5.41) is 8.64. The molecule has 2 aromatic carbocycles. The van der Waals surface area contributed by atoms with Crippen molar-refractivity contribution >= 4 is 35.2 Å². The van der Waals surface area contributed by atoms with Crippen LogP contribution in [0.5, 0.6) is 11.5 Å². The van der Waals surface area contributed by atoms with Crippen molar-refractivity contribution in [3.8, 4) is 11.5 Å². The number of nitrogens with one attached hydrogen (secondary N) is 2. The van der Waals surface area contributed by atoms with Crippen LogP contribution >= 0.6 is 0 Å². The highest BCUT2D eigenvalue weighted by Crippen LogP contribution is 2.27. The first kappa shape index (κ1) is 21.3. The van der Waals surface area contributed by atoms with Crippen LogP contribution in [0.1, 0.15) is 28.2 Å². The highest BCUT2D eigenvalue weighted by Gasteiger charge is 2.04. The number of aromatic amines is 2. The molecule has 0 saturated carbocycles. The number of rotatable bonds is 8. The van der Waals surface area contributed by atoms with Crippen LogP contribution in [0.25, 0.3) is 35.2 Å². The lowest BCUT2D eigenvalue weighted by Crippen LogP contribution is -1.98. The van der Waals surface area contributed by atoms with Crippen molar-refractivity contribution in [2.45, 2.75) is 6.61 Å². The molecule has 34 heavy (non-hydrogen) atoms. The van der Waals surface area contributed by atoms with E-state index in [1.165, 1.54) is 5.39 Å². The standard InChI is InChI=1S/C28H24N4O2/c1-33-28-18-26(34-19-25-4-2-3-14-29-25)12-9-22(28)8-11-24-17-23(31-32-24)10-6-20-5-7-21-13-15-30-27(21)16-20/h2-18,30H,19H2,1H3,(H,31,32). The minimum Gasteiger partial charge on any atom is -0.496 e. The molecule has 3 heterocycles. The smallest absolute Gasteiger partial charge is 0.130 e. The summed E-state index contributed by atoms with van der Waals surface area (Å²) in [5.74, 6) is 1.46. The highest BCUT2D eigenvalue weighted by atomic mass is 16.5. The zero-order chi connectivity index (χ0) is 23.2. The number of pyridine rings is 1. The van der Waals surface area contributed by atoms with Gasteiger partial charge in [-0.1, -0.05) is 24.3 Å². The van der Waals surface area contributed by atoms with Crippen molar-refractivity contribution < 1.29 is 9.47 Å². The second-order valence-electron chi connectivity index (χ2n) is 7.75. The minimum atomic E-state index is 0.405. The predicted octanol–water partition coefficient (Wildman–Crippen LogP) is 6.21. The fourth-order valence-electron chi connectivity index (χ4n) is 3.61. The van der Waals surface area contributed by atoms with Gasteiger partial charge in [0.25, 0.3) is 0 Å². The summed E-state index contributed by atoms with van der Waals surface area (Å²) in [4.78, 5) is 7.51. The van der Waals surface area contributed by atoms with Crippen molar-refractivity contribution in [2.75, 3.05) is 7.11 Å². The van der Waals surface area contributed by atoms with Gasteiger partial charge in [-0.25, -0.2) is 0 Å². The van der Waals surface area contributed by atoms with Gasteiger partial charge in [0.15, 0.2) is 0 Å². The maximum Gasteiger partial charge on any atom is 0.130 e. The van der Waals surface area contributed by atoms with E-state index in [1.807, 2.05) is 66.9 Å². The molecule has 3 aromatic heterocycles. The van der Waals surface area contributed by atoms with E-state index in [4.69, 9.17) is 9.47 Å². The average molecular weight is 449 g/mol. The number of hydrogen-bond donors (Lipinski definition) is 2. The molecular weight excluding hydrogens is 424 g/mol. The molecule has 0 aliphatic heterocycles. The molecule has 0 spiro atoms. The molecule has 0 amide bonds. The molecule has 0 aliphatic carbocycles. The van der Waals surface area contributed by atoms with Crippen molar-refractivity contribution in [3.63, 3.8) is 0 Å². The number of hydrogen-bond acceptors (Lipinski definition) is 4. The van der Waals surface area contributed by atoms with Crippen molar-refractivity contribution in [1.82, 2.24) is 20.2 Å². The van der Waals surface area contributed by atoms with Crippen LogP contribution < -0.4 is 9.47 Å². The maximum atomic E-state index is 5.85. The summed E-state index contributed by atoms with van der Waals surface area (Å²) in [6.07, 6.45) is 11.7. The van der Waals surface area contributed by atoms with Crippen LogP contribution in [-0.2, 0) is 6.61 Å². The van der Waals surface area contributed by atoms with Crippen LogP contribution in [0.2, 0.25) is 0 Å². The molecular formula is C28H24N4O2. The molecule has 0 aliphatic rings. The van der Waals surface area contributed by atoms with E-state index >= 15 is 0 Å². The Morgan fingerprint density at radius 2 is 1.88 bits per heavy atom. The van der Waals surface area contributed by atoms with Gasteiger partial charge in [0.05, 0.1) is 24.2 Å². The third-order valence-electron chi connectivity index (χ3n) is 5.40. The summed E-state index contributed by atoms with van der Waals surface area (Å²) in [7, 11) is 1.65. The van der Waals surface area contributed by atoms with Crippen LogP contribution in [0.4, 0.5) is 0 Å². The fourth-order valence-corrected chi connectivity index (χ4v) is 3.61. The molecule has 168 valence electrons. The molecule has 5 rings (SSSR count). The molecule has 0 bridgehead atoms. The van der Waals surface area contributed by atoms with Gasteiger partial charge < -0.3 is 14.5 Å². The Kier molecular flexibility index (Phi) is 6.21. The largest absolute Gasteiger partial charge is 0.496 e. The van der Waals surface area contributed by atoms with Gasteiger partial charge in [-0.15, -0.1) is 0 Å². The molecule has 6 nitrogen and oxygen atoms in total. The Balaban J connectivity index is 1.24. The lowest BCUT2D eigenvalue weighted by Gasteiger charge is -2.09. The molecule has 0 saturated heterocycles. The lowest BCUT2D eigenvalue weighted by atomic mass is 10.1. The SMILES string of the molecule is COc1cc(OCc2ccccn2)ccc1C=Cc1cc(C=Cc2ccc3cc[nH]c3c2)n[nH]1. The summed E-state index contributed by atoms with van der Waals surface area (Å²) >= 11 is 0. The molecule has 0 atom stereocenters. The van der Waals surface area contributed by atoms with E-state index < -0.39 is 0 Å². The number of benzene rings is 2. The summed E-state index contributed by atoms with van der Waals surface area (Å²) in [5.41, 5.74) is 5.81. The Bertz CT molecular complexity index is 1450. The first-order chi connectivity index (χ1) is 16.8. The van der Waals surface area contributed by atoms with E-state index in [9.17, 15) is 0 Å². The Morgan fingerprint density at radius 1 is 0.912 bits per heavy atom. The monoisotopic (exact) mass is 448 g/mol. The number of methoxy groups -OCH3 is 1. The predicted molar refractivity (Wildman–Crippen MR) is 136 cm³/mol. The summed E-state index contributed by atoms with van der Waals surface area (Å²) < 4.78 is 11.4. The number of fused-ring (bicyclic) bond motifs is 1. The summed E-state index contributed by atoms with van der Waals surface area (Å²) in [6, 6.07) is 21.9. The molecule has 0 fully saturated rings. The van der Waals surface area contributed by atoms with Gasteiger partial charge in [-0.2, -0.15) is 5.10 Å². The Hall–Kier alpha value is -4.58. The van der Waals surface area contributed by atoms with Crippen molar-refractivity contribution in [3.05, 3.63) is 107 Å². The number of ether oxygens (including phenoxy) is 2. The van der Waals surface area contributed by atoms with Crippen molar-refractivity contribution in [2.24, 2.45) is 0 Å². The topological polar surface area (TPSA) is 75.8 Å². The normalized spacial score (nSPS) is 11.6. The molecule has 5 aromatic rings. The van der Waals surface area contributed by atoms with E-state index in [2.05, 4.69) is 50.5 Å². The van der Waals surface area contributed by atoms with Gasteiger partial charge in [0.1, 0.15) is 18.1 Å². The van der Waals surface area contributed by atoms with Gasteiger partial charge in [-0.3, -0.25) is 10.1 Å². The van der Waals surface area contributed by atoms with E-state index in [0.717, 1.165) is 45.2 Å². The maximum absolute atomic E-state index is 5.85. The highest BCUT2D eigenvalue weighted by molar-refractivity contribution is 5.83. The number of H-pyrrole nitrogens is 2. The second kappa shape index (κ2) is 9.92. The van der Waals surface area contributed by atoms with E-state index in [-0.39, 0.29) is 0 Å². The molecule has 6 heteroatoms. The minimum absolute atomic E-state index is 0.405. The van der Waals surface area contributed by atoms with Crippen molar-refractivity contribution in [1.29, 1.82) is 0 Å². The third-order valence-corrected chi connectivity index (χ3v) is 5.40. The fraction of sp³-hybridized carbons (Fsp3) is 0.0714. The van der Waals surface area contributed by atoms with Crippen LogP contribution in [0.3, 0.4) is 0 Å². The molecule has 0 radical (unpaired) electrons. The zero-order valence-electron chi connectivity index (χ0n) is 18.7. The van der Waals surface area contributed by atoms with E-state index in [0.29, 0.717) is 6.61 Å². The van der Waals surface area contributed by atoms with Gasteiger partial charge in [-0.05, 0) is 71.6 Å². The number of nitrogens with zero attached hydrogens (tertiary/aromatic N) is 2. The zero-order valence-corrected chi connectivity index (χ0v) is 18.7. The van der Waals surface area contributed by atoms with Gasteiger partial charge >= 0.3 is 0 Å². The van der Waals surface area contributed by atoms with E-state index in [1.54, 1.807) is 13.3 Å². The van der Waals surface area contributed by atoms with Gasteiger partial charge in [0.2, 0.25) is 0 Å². The average Bonchev–Trinajstić information content (AvgIpc) is 3.55. The molecule has 0 unspecified atom stereocenters. The Labute approximate surface area is 197 Å². The third kappa shape index (κ3) is 5.07. The Morgan fingerprint density at radius 3 is 2.76 bits per heavy atom. The second-order valence-corrected chi connectivity index (χ2v) is 7.75. The van der Waals surface area contributed by atoms with Crippen LogP contribution in [-0.4, -0.2) is 27.3 Å². The number of aromatic nitrogens is 4. The lowest BCUT2D eigenvalue weighted by molar-refractivity contribution is 0.299. The van der Waals surface area contributed by atoms with Crippen LogP contribution in [0, 0.1) is 0 Å². The van der Waals surface area contributed by atoms with Gasteiger partial charge in [0, 0.05) is 29.5 Å².